The molecule has 0 aromatic heterocycles. The Bertz CT molecular complexity index is 1450. The first-order valence-electron chi connectivity index (χ1n) is 12.0. The van der Waals surface area contributed by atoms with Crippen molar-refractivity contribution in [3.63, 3.8) is 0 Å². The first kappa shape index (κ1) is 26.1. The van der Waals surface area contributed by atoms with Crippen molar-refractivity contribution in [2.24, 2.45) is 4.99 Å². The van der Waals surface area contributed by atoms with E-state index in [-0.39, 0.29) is 5.91 Å². The lowest BCUT2D eigenvalue weighted by atomic mass is 10.2. The first-order valence-corrected chi connectivity index (χ1v) is 13.9. The predicted molar refractivity (Wildman–Crippen MR) is 163 cm³/mol. The third kappa shape index (κ3) is 6.65. The molecular weight excluding hydrogens is 607 g/mol. The zero-order valence-electron chi connectivity index (χ0n) is 20.7. The van der Waals surface area contributed by atoms with Crippen LogP contribution in [0.3, 0.4) is 0 Å². The second kappa shape index (κ2) is 12.3. The predicted octanol–water partition coefficient (Wildman–Crippen LogP) is 7.68. The maximum absolute atomic E-state index is 13.5. The van der Waals surface area contributed by atoms with Gasteiger partial charge in [0, 0.05) is 3.57 Å². The highest BCUT2D eigenvalue weighted by Crippen LogP contribution is 2.35. The second-order valence-electron chi connectivity index (χ2n) is 8.56. The molecule has 0 atom stereocenters. The number of benzene rings is 4. The number of para-hydroxylation sites is 1. The third-order valence-electron chi connectivity index (χ3n) is 5.87. The van der Waals surface area contributed by atoms with Crippen LogP contribution in [0.5, 0.6) is 11.5 Å². The van der Waals surface area contributed by atoms with Gasteiger partial charge in [-0.2, -0.15) is 0 Å². The number of methoxy groups -OCH3 is 1. The average Bonchev–Trinajstić information content (AvgIpc) is 3.23. The molecule has 1 amide bonds. The fourth-order valence-electron chi connectivity index (χ4n) is 3.82. The molecule has 1 aliphatic heterocycles. The molecule has 0 unspecified atom stereocenters. The van der Waals surface area contributed by atoms with Gasteiger partial charge in [-0.05, 0) is 106 Å². The highest BCUT2D eigenvalue weighted by Gasteiger charge is 2.33. The number of rotatable bonds is 8. The molecule has 7 heteroatoms. The summed E-state index contributed by atoms with van der Waals surface area (Å²) in [5, 5.41) is 0.653. The van der Waals surface area contributed by atoms with Crippen LogP contribution in [-0.2, 0) is 17.9 Å². The molecule has 4 aromatic carbocycles. The average molecular weight is 633 g/mol. The van der Waals surface area contributed by atoms with Gasteiger partial charge in [0.1, 0.15) is 18.1 Å². The number of amidine groups is 1. The number of carbonyl (C=O) groups is 1. The number of hydrogen-bond donors (Lipinski definition) is 0. The van der Waals surface area contributed by atoms with Crippen molar-refractivity contribution in [2.45, 2.75) is 13.2 Å². The quantitative estimate of drug-likeness (QED) is 0.148. The largest absolute Gasteiger partial charge is 0.497 e. The summed E-state index contributed by atoms with van der Waals surface area (Å²) < 4.78 is 12.4. The van der Waals surface area contributed by atoms with Gasteiger partial charge in [-0.25, -0.2) is 4.99 Å². The Kier molecular flexibility index (Phi) is 8.45. The van der Waals surface area contributed by atoms with E-state index in [4.69, 9.17) is 14.5 Å². The van der Waals surface area contributed by atoms with Crippen LogP contribution in [0, 0.1) is 3.57 Å². The zero-order valence-corrected chi connectivity index (χ0v) is 23.7. The highest BCUT2D eigenvalue weighted by molar-refractivity contribution is 14.1. The Morgan fingerprint density at radius 1 is 0.842 bits per heavy atom. The van der Waals surface area contributed by atoms with Crippen LogP contribution in [-0.4, -0.2) is 23.1 Å². The first-order chi connectivity index (χ1) is 18.6. The van der Waals surface area contributed by atoms with Gasteiger partial charge in [0.05, 0.1) is 24.2 Å². The van der Waals surface area contributed by atoms with E-state index in [9.17, 15) is 4.79 Å². The second-order valence-corrected chi connectivity index (χ2v) is 10.8. The number of halogens is 1. The van der Waals surface area contributed by atoms with E-state index >= 15 is 0 Å². The van der Waals surface area contributed by atoms with Crippen LogP contribution < -0.4 is 9.47 Å². The highest BCUT2D eigenvalue weighted by atomic mass is 127. The van der Waals surface area contributed by atoms with E-state index in [1.54, 1.807) is 12.0 Å². The van der Waals surface area contributed by atoms with Crippen LogP contribution in [0.15, 0.2) is 113 Å². The van der Waals surface area contributed by atoms with Gasteiger partial charge in [-0.1, -0.05) is 54.6 Å². The van der Waals surface area contributed by atoms with Gasteiger partial charge in [-0.15, -0.1) is 0 Å². The van der Waals surface area contributed by atoms with Crippen LogP contribution in [0.4, 0.5) is 5.69 Å². The molecule has 1 aliphatic rings. The van der Waals surface area contributed by atoms with E-state index in [1.165, 1.54) is 15.3 Å². The van der Waals surface area contributed by atoms with E-state index in [0.717, 1.165) is 33.9 Å². The van der Waals surface area contributed by atoms with E-state index in [0.29, 0.717) is 23.2 Å². The Labute approximate surface area is 240 Å². The Morgan fingerprint density at radius 3 is 2.18 bits per heavy atom. The molecule has 190 valence electrons. The van der Waals surface area contributed by atoms with Crippen molar-refractivity contribution in [3.8, 4) is 11.5 Å². The number of hydrogen-bond acceptors (Lipinski definition) is 5. The molecule has 5 rings (SSSR count). The van der Waals surface area contributed by atoms with Crippen molar-refractivity contribution in [2.75, 3.05) is 7.11 Å². The van der Waals surface area contributed by atoms with Crippen LogP contribution >= 0.6 is 34.4 Å². The molecule has 0 spiro atoms. The fourth-order valence-corrected chi connectivity index (χ4v) is 5.17. The van der Waals surface area contributed by atoms with Crippen molar-refractivity contribution in [1.29, 1.82) is 0 Å². The lowest BCUT2D eigenvalue weighted by Gasteiger charge is -2.16. The molecule has 0 N–H and O–H groups in total. The normalized spacial score (nSPS) is 15.3. The summed E-state index contributed by atoms with van der Waals surface area (Å²) in [4.78, 5) is 20.6. The maximum atomic E-state index is 13.5. The van der Waals surface area contributed by atoms with Crippen molar-refractivity contribution in [1.82, 2.24) is 4.90 Å². The summed E-state index contributed by atoms with van der Waals surface area (Å²) in [5.74, 6) is 1.49. The third-order valence-corrected chi connectivity index (χ3v) is 7.59. The lowest BCUT2D eigenvalue weighted by Crippen LogP contribution is -2.28. The smallest absolute Gasteiger partial charge is 0.267 e. The van der Waals surface area contributed by atoms with Crippen molar-refractivity contribution in [3.05, 3.63) is 128 Å². The molecule has 38 heavy (non-hydrogen) atoms. The lowest BCUT2D eigenvalue weighted by molar-refractivity contribution is -0.122. The summed E-state index contributed by atoms with van der Waals surface area (Å²) in [6, 6.07) is 33.5. The minimum absolute atomic E-state index is 0.0699. The van der Waals surface area contributed by atoms with E-state index in [2.05, 4.69) is 46.9 Å². The molecule has 1 heterocycles. The Balaban J connectivity index is 1.34. The topological polar surface area (TPSA) is 51.1 Å². The fraction of sp³-hybridized carbons (Fsp3) is 0.0968. The minimum Gasteiger partial charge on any atom is -0.497 e. The monoisotopic (exact) mass is 632 g/mol. The van der Waals surface area contributed by atoms with Crippen LogP contribution in [0.2, 0.25) is 0 Å². The standard InChI is InChI=1S/C31H25IN2O3S/c1-36-27-15-11-23(12-16-27)20-34-30(35)29(38-31(34)33-26-5-3-2-4-6-26)19-22-9-17-28(18-10-22)37-21-24-7-13-25(32)14-8-24/h2-19H,20-21H2,1H3/b29-19-,33-31?. The number of amides is 1. The number of nitrogens with zero attached hydrogens (tertiary/aromatic N) is 2. The Morgan fingerprint density at radius 2 is 1.50 bits per heavy atom. The molecule has 0 saturated carbocycles. The van der Waals surface area contributed by atoms with Gasteiger partial charge < -0.3 is 9.47 Å². The molecule has 1 saturated heterocycles. The van der Waals surface area contributed by atoms with Gasteiger partial charge in [-0.3, -0.25) is 9.69 Å². The number of thioether (sulfide) groups is 1. The van der Waals surface area contributed by atoms with Crippen molar-refractivity contribution < 1.29 is 14.3 Å². The summed E-state index contributed by atoms with van der Waals surface area (Å²) in [5.41, 5.74) is 3.84. The summed E-state index contributed by atoms with van der Waals surface area (Å²) in [6.45, 7) is 0.926. The summed E-state index contributed by atoms with van der Waals surface area (Å²) in [7, 11) is 1.64. The summed E-state index contributed by atoms with van der Waals surface area (Å²) in [6.07, 6.45) is 1.91. The molecule has 4 aromatic rings. The number of aliphatic imine (C=N–C) groups is 1. The van der Waals surface area contributed by atoms with E-state index in [1.807, 2.05) is 84.9 Å². The molecule has 5 nitrogen and oxygen atoms in total. The van der Waals surface area contributed by atoms with Gasteiger partial charge in [0.15, 0.2) is 5.17 Å². The van der Waals surface area contributed by atoms with E-state index < -0.39 is 0 Å². The molecule has 0 radical (unpaired) electrons. The molecule has 1 fully saturated rings. The molecule has 0 bridgehead atoms. The zero-order chi connectivity index (χ0) is 26.3. The molecule has 0 aliphatic carbocycles. The number of ether oxygens (including phenoxy) is 2. The maximum Gasteiger partial charge on any atom is 0.267 e. The SMILES string of the molecule is COc1ccc(CN2C(=O)/C(=C/c3ccc(OCc4ccc(I)cc4)cc3)SC2=Nc2ccccc2)cc1. The number of carbonyl (C=O) groups excluding carboxylic acids is 1. The van der Waals surface area contributed by atoms with Gasteiger partial charge in [0.2, 0.25) is 0 Å². The molecular formula is C31H25IN2O3S. The van der Waals surface area contributed by atoms with Crippen LogP contribution in [0.25, 0.3) is 6.08 Å². The van der Waals surface area contributed by atoms with Crippen LogP contribution in [0.1, 0.15) is 16.7 Å². The summed E-state index contributed by atoms with van der Waals surface area (Å²) >= 11 is 3.68. The van der Waals surface area contributed by atoms with Gasteiger partial charge >= 0.3 is 0 Å². The minimum atomic E-state index is -0.0699. The van der Waals surface area contributed by atoms with Gasteiger partial charge in [0.25, 0.3) is 5.91 Å². The van der Waals surface area contributed by atoms with Crippen molar-refractivity contribution >= 4 is 57.2 Å². The Hall–Kier alpha value is -3.56.